The number of hydrogen-bond donors (Lipinski definition) is 0. The summed E-state index contributed by atoms with van der Waals surface area (Å²) in [5.41, 5.74) is 2.24. The van der Waals surface area contributed by atoms with Gasteiger partial charge in [-0.15, -0.1) is 0 Å². The minimum atomic E-state index is 0.0931. The van der Waals surface area contributed by atoms with Gasteiger partial charge < -0.3 is 0 Å². The van der Waals surface area contributed by atoms with E-state index >= 15 is 0 Å². The molecular weight excluding hydrogens is 196 g/mol. The van der Waals surface area contributed by atoms with E-state index in [9.17, 15) is 4.79 Å². The van der Waals surface area contributed by atoms with E-state index in [1.54, 1.807) is 6.92 Å². The van der Waals surface area contributed by atoms with E-state index in [-0.39, 0.29) is 11.7 Å². The zero-order chi connectivity index (χ0) is 10.7. The van der Waals surface area contributed by atoms with E-state index in [1.807, 2.05) is 32.0 Å². The summed E-state index contributed by atoms with van der Waals surface area (Å²) < 4.78 is 0. The number of aryl methyl sites for hydroxylation is 1. The summed E-state index contributed by atoms with van der Waals surface area (Å²) in [6, 6.07) is 5.91. The van der Waals surface area contributed by atoms with Crippen LogP contribution in [0.3, 0.4) is 0 Å². The topological polar surface area (TPSA) is 17.1 Å². The number of Topliss-reactive ketones (excluding diaryl/α,β-unsaturated/α-hetero) is 1. The highest BCUT2D eigenvalue weighted by molar-refractivity contribution is 6.31. The van der Waals surface area contributed by atoms with Crippen molar-refractivity contribution in [3.05, 3.63) is 34.3 Å². The molecule has 0 saturated heterocycles. The molecule has 1 nitrogen and oxygen atoms in total. The predicted octanol–water partition coefficient (Wildman–Crippen LogP) is 3.42. The second-order valence-corrected chi connectivity index (χ2v) is 4.21. The maximum atomic E-state index is 11.1. The molecule has 1 atom stereocenters. The van der Waals surface area contributed by atoms with Crippen molar-refractivity contribution >= 4 is 17.4 Å². The van der Waals surface area contributed by atoms with Crippen molar-refractivity contribution in [3.63, 3.8) is 0 Å². The van der Waals surface area contributed by atoms with Gasteiger partial charge in [0.15, 0.2) is 0 Å². The molecular formula is C12H15ClO. The van der Waals surface area contributed by atoms with Gasteiger partial charge in [0.05, 0.1) is 0 Å². The molecule has 0 aliphatic carbocycles. The first-order valence-electron chi connectivity index (χ1n) is 4.76. The molecule has 0 aromatic heterocycles. The Hall–Kier alpha value is -0.820. The van der Waals surface area contributed by atoms with Crippen LogP contribution in [-0.4, -0.2) is 5.78 Å². The van der Waals surface area contributed by atoms with Crippen LogP contribution in [0, 0.1) is 12.8 Å². The molecule has 0 aliphatic rings. The molecule has 0 spiro atoms. The molecule has 0 aliphatic heterocycles. The van der Waals surface area contributed by atoms with Crippen LogP contribution < -0.4 is 0 Å². The first-order chi connectivity index (χ1) is 6.50. The second kappa shape index (κ2) is 4.61. The summed E-state index contributed by atoms with van der Waals surface area (Å²) in [6.07, 6.45) is 0.799. The summed E-state index contributed by atoms with van der Waals surface area (Å²) in [4.78, 5) is 11.1. The highest BCUT2D eigenvalue weighted by Gasteiger charge is 2.08. The molecule has 1 aromatic rings. The number of benzene rings is 1. The lowest BCUT2D eigenvalue weighted by atomic mass is 9.97. The molecule has 0 heterocycles. The monoisotopic (exact) mass is 210 g/mol. The zero-order valence-corrected chi connectivity index (χ0v) is 9.56. The van der Waals surface area contributed by atoms with Gasteiger partial charge in [-0.2, -0.15) is 0 Å². The third-order valence-corrected chi connectivity index (χ3v) is 2.88. The molecule has 0 bridgehead atoms. The van der Waals surface area contributed by atoms with E-state index in [2.05, 4.69) is 0 Å². The van der Waals surface area contributed by atoms with Crippen LogP contribution in [0.2, 0.25) is 5.02 Å². The molecule has 0 radical (unpaired) electrons. The third kappa shape index (κ3) is 2.85. The van der Waals surface area contributed by atoms with Crippen LogP contribution in [0.25, 0.3) is 0 Å². The zero-order valence-electron chi connectivity index (χ0n) is 8.80. The minimum Gasteiger partial charge on any atom is -0.300 e. The second-order valence-electron chi connectivity index (χ2n) is 3.80. The molecule has 2 heteroatoms. The van der Waals surface area contributed by atoms with Gasteiger partial charge in [0.1, 0.15) is 5.78 Å². The fourth-order valence-electron chi connectivity index (χ4n) is 1.33. The van der Waals surface area contributed by atoms with E-state index in [1.165, 1.54) is 5.56 Å². The molecule has 0 amide bonds. The maximum absolute atomic E-state index is 11.1. The molecule has 0 saturated carbocycles. The Labute approximate surface area is 90.1 Å². The number of halogens is 1. The van der Waals surface area contributed by atoms with Crippen LogP contribution in [0.1, 0.15) is 25.0 Å². The standard InChI is InChI=1S/C12H15ClO/c1-8(10(3)14)6-11-4-5-12(13)9(2)7-11/h4-5,7-8H,6H2,1-3H3. The summed E-state index contributed by atoms with van der Waals surface area (Å²) in [7, 11) is 0. The van der Waals surface area contributed by atoms with Crippen molar-refractivity contribution in [2.75, 3.05) is 0 Å². The maximum Gasteiger partial charge on any atom is 0.132 e. The van der Waals surface area contributed by atoms with Gasteiger partial charge in [-0.05, 0) is 37.5 Å². The molecule has 1 rings (SSSR count). The fourth-order valence-corrected chi connectivity index (χ4v) is 1.45. The highest BCUT2D eigenvalue weighted by Crippen LogP contribution is 2.18. The average molecular weight is 211 g/mol. The highest BCUT2D eigenvalue weighted by atomic mass is 35.5. The fraction of sp³-hybridized carbons (Fsp3) is 0.417. The van der Waals surface area contributed by atoms with E-state index in [0.29, 0.717) is 0 Å². The van der Waals surface area contributed by atoms with Gasteiger partial charge in [-0.3, -0.25) is 4.79 Å². The van der Waals surface area contributed by atoms with Crippen molar-refractivity contribution in [1.82, 2.24) is 0 Å². The Morgan fingerprint density at radius 3 is 2.64 bits per heavy atom. The number of carbonyl (C=O) groups excluding carboxylic acids is 1. The SMILES string of the molecule is CC(=O)C(C)Cc1ccc(Cl)c(C)c1. The Kier molecular flexibility index (Phi) is 3.70. The Morgan fingerprint density at radius 2 is 2.14 bits per heavy atom. The predicted molar refractivity (Wildman–Crippen MR) is 59.7 cm³/mol. The first kappa shape index (κ1) is 11.3. The lowest BCUT2D eigenvalue weighted by molar-refractivity contribution is -0.120. The van der Waals surface area contributed by atoms with Crippen molar-refractivity contribution < 1.29 is 4.79 Å². The Bertz CT molecular complexity index is 344. The van der Waals surface area contributed by atoms with Crippen molar-refractivity contribution in [3.8, 4) is 0 Å². The van der Waals surface area contributed by atoms with Crippen LogP contribution in [0.15, 0.2) is 18.2 Å². The number of carbonyl (C=O) groups is 1. The van der Waals surface area contributed by atoms with Crippen molar-refractivity contribution in [1.29, 1.82) is 0 Å². The van der Waals surface area contributed by atoms with Crippen molar-refractivity contribution in [2.45, 2.75) is 27.2 Å². The smallest absolute Gasteiger partial charge is 0.132 e. The number of ketones is 1. The number of rotatable bonds is 3. The molecule has 0 N–H and O–H groups in total. The lowest BCUT2D eigenvalue weighted by Crippen LogP contribution is -2.09. The molecule has 0 fully saturated rings. The third-order valence-electron chi connectivity index (χ3n) is 2.46. The van der Waals surface area contributed by atoms with E-state index < -0.39 is 0 Å². The largest absolute Gasteiger partial charge is 0.300 e. The minimum absolute atomic E-state index is 0.0931. The Morgan fingerprint density at radius 1 is 1.50 bits per heavy atom. The van der Waals surface area contributed by atoms with Gasteiger partial charge in [-0.1, -0.05) is 30.7 Å². The molecule has 14 heavy (non-hydrogen) atoms. The normalized spacial score (nSPS) is 12.6. The quantitative estimate of drug-likeness (QED) is 0.747. The van der Waals surface area contributed by atoms with E-state index in [0.717, 1.165) is 17.0 Å². The van der Waals surface area contributed by atoms with Crippen LogP contribution >= 0.6 is 11.6 Å². The molecule has 76 valence electrons. The lowest BCUT2D eigenvalue weighted by Gasteiger charge is -2.08. The van der Waals surface area contributed by atoms with Crippen molar-refractivity contribution in [2.24, 2.45) is 5.92 Å². The summed E-state index contributed by atoms with van der Waals surface area (Å²) >= 11 is 5.91. The summed E-state index contributed by atoms with van der Waals surface area (Å²) in [6.45, 7) is 5.56. The van der Waals surface area contributed by atoms with Crippen LogP contribution in [0.5, 0.6) is 0 Å². The molecule has 1 aromatic carbocycles. The Balaban J connectivity index is 2.78. The van der Waals surface area contributed by atoms with Crippen LogP contribution in [-0.2, 0) is 11.2 Å². The average Bonchev–Trinajstić information content (AvgIpc) is 2.11. The van der Waals surface area contributed by atoms with Gasteiger partial charge in [0, 0.05) is 10.9 Å². The summed E-state index contributed by atoms with van der Waals surface area (Å²) in [5.74, 6) is 0.327. The number of hydrogen-bond acceptors (Lipinski definition) is 1. The van der Waals surface area contributed by atoms with E-state index in [4.69, 9.17) is 11.6 Å². The molecule has 1 unspecified atom stereocenters. The summed E-state index contributed by atoms with van der Waals surface area (Å²) in [5, 5.41) is 0.782. The van der Waals surface area contributed by atoms with Gasteiger partial charge in [-0.25, -0.2) is 0 Å². The van der Waals surface area contributed by atoms with Gasteiger partial charge >= 0.3 is 0 Å². The van der Waals surface area contributed by atoms with Crippen LogP contribution in [0.4, 0.5) is 0 Å². The first-order valence-corrected chi connectivity index (χ1v) is 5.14. The van der Waals surface area contributed by atoms with Gasteiger partial charge in [0.25, 0.3) is 0 Å². The van der Waals surface area contributed by atoms with Gasteiger partial charge in [0.2, 0.25) is 0 Å².